The van der Waals surface area contributed by atoms with E-state index in [2.05, 4.69) is 36.8 Å². The van der Waals surface area contributed by atoms with Crippen molar-refractivity contribution < 1.29 is 19.1 Å². The molecule has 1 atom stereocenters. The molecule has 3 aromatic carbocycles. The number of nitrogens with zero attached hydrogens (tertiary/aromatic N) is 1. The predicted molar refractivity (Wildman–Crippen MR) is 133 cm³/mol. The average molecular weight is 468 g/mol. The summed E-state index contributed by atoms with van der Waals surface area (Å²) in [4.78, 5) is 30.5. The maximum atomic E-state index is 13.1. The van der Waals surface area contributed by atoms with Crippen LogP contribution in [0.25, 0.3) is 22.2 Å². The number of hydrazine groups is 1. The Morgan fingerprint density at radius 1 is 0.914 bits per heavy atom. The van der Waals surface area contributed by atoms with Crippen molar-refractivity contribution in [1.29, 1.82) is 0 Å². The van der Waals surface area contributed by atoms with Crippen molar-refractivity contribution in [3.05, 3.63) is 89.5 Å². The van der Waals surface area contributed by atoms with E-state index < -0.39 is 11.8 Å². The number of carbonyl (C=O) groups is 2. The van der Waals surface area contributed by atoms with Crippen molar-refractivity contribution in [2.45, 2.75) is 26.2 Å². The molecule has 0 spiro atoms. The van der Waals surface area contributed by atoms with Gasteiger partial charge in [0, 0.05) is 16.5 Å². The summed E-state index contributed by atoms with van der Waals surface area (Å²) < 4.78 is 10.6. The van der Waals surface area contributed by atoms with Crippen molar-refractivity contribution in [1.82, 2.24) is 15.8 Å². The minimum atomic E-state index is -0.462. The van der Waals surface area contributed by atoms with Crippen molar-refractivity contribution in [3.8, 4) is 22.8 Å². The molecule has 0 bridgehead atoms. The topological polar surface area (TPSA) is 89.6 Å². The first-order valence-electron chi connectivity index (χ1n) is 11.5. The van der Waals surface area contributed by atoms with Gasteiger partial charge in [0.1, 0.15) is 0 Å². The summed E-state index contributed by atoms with van der Waals surface area (Å²) in [5.74, 6) is 0.654. The van der Waals surface area contributed by atoms with Gasteiger partial charge in [0.15, 0.2) is 11.5 Å². The highest BCUT2D eigenvalue weighted by molar-refractivity contribution is 6.08. The first kappa shape index (κ1) is 22.4. The lowest BCUT2D eigenvalue weighted by molar-refractivity contribution is 0.0847. The van der Waals surface area contributed by atoms with Crippen LogP contribution in [0.2, 0.25) is 0 Å². The molecule has 0 unspecified atom stereocenters. The standard InChI is InChI=1S/C28H25N3O4/c1-3-17(2)18-8-10-19(11-9-18)24-15-22(21-6-4-5-7-23(21)29-24)28(33)31-30-27(32)20-12-13-25-26(14-20)35-16-34-25/h4-15,17H,3,16H2,1-2H3,(H,30,32)(H,31,33)/t17-/m0/s1. The fourth-order valence-electron chi connectivity index (χ4n) is 4.02. The molecule has 2 amide bonds. The van der Waals surface area contributed by atoms with E-state index in [-0.39, 0.29) is 6.79 Å². The molecule has 1 aromatic heterocycles. The molecule has 7 nitrogen and oxygen atoms in total. The molecule has 2 heterocycles. The molecule has 7 heteroatoms. The van der Waals surface area contributed by atoms with Gasteiger partial charge in [-0.05, 0) is 48.2 Å². The molecule has 35 heavy (non-hydrogen) atoms. The molecule has 0 radical (unpaired) electrons. The molecule has 1 aliphatic rings. The number of hydrogen-bond donors (Lipinski definition) is 2. The van der Waals surface area contributed by atoms with Crippen LogP contribution < -0.4 is 20.3 Å². The number of aromatic nitrogens is 1. The zero-order valence-electron chi connectivity index (χ0n) is 19.5. The fourth-order valence-corrected chi connectivity index (χ4v) is 4.02. The van der Waals surface area contributed by atoms with Gasteiger partial charge in [0.25, 0.3) is 11.8 Å². The lowest BCUT2D eigenvalue weighted by Crippen LogP contribution is -2.41. The van der Waals surface area contributed by atoms with Gasteiger partial charge in [0.2, 0.25) is 6.79 Å². The molecule has 176 valence electrons. The lowest BCUT2D eigenvalue weighted by atomic mass is 9.96. The molecule has 0 aliphatic carbocycles. The highest BCUT2D eigenvalue weighted by atomic mass is 16.7. The van der Waals surface area contributed by atoms with Gasteiger partial charge in [0.05, 0.1) is 16.8 Å². The number of benzene rings is 3. The lowest BCUT2D eigenvalue weighted by Gasteiger charge is -2.13. The van der Waals surface area contributed by atoms with Crippen LogP contribution in [-0.4, -0.2) is 23.6 Å². The summed E-state index contributed by atoms with van der Waals surface area (Å²) >= 11 is 0. The van der Waals surface area contributed by atoms with Crippen molar-refractivity contribution >= 4 is 22.7 Å². The fraction of sp³-hybridized carbons (Fsp3) is 0.179. The van der Waals surface area contributed by atoms with E-state index in [0.717, 1.165) is 12.0 Å². The van der Waals surface area contributed by atoms with E-state index in [1.165, 1.54) is 5.56 Å². The molecule has 2 N–H and O–H groups in total. The minimum absolute atomic E-state index is 0.120. The summed E-state index contributed by atoms with van der Waals surface area (Å²) in [6.45, 7) is 4.48. The number of ether oxygens (including phenoxy) is 2. The van der Waals surface area contributed by atoms with Crippen LogP contribution in [0, 0.1) is 0 Å². The van der Waals surface area contributed by atoms with Gasteiger partial charge in [-0.25, -0.2) is 4.98 Å². The van der Waals surface area contributed by atoms with Crippen LogP contribution in [0.4, 0.5) is 0 Å². The molecule has 1 aliphatic heterocycles. The van der Waals surface area contributed by atoms with Crippen molar-refractivity contribution in [3.63, 3.8) is 0 Å². The number of fused-ring (bicyclic) bond motifs is 2. The van der Waals surface area contributed by atoms with E-state index in [1.54, 1.807) is 24.3 Å². The van der Waals surface area contributed by atoms with E-state index in [0.29, 0.717) is 45.1 Å². The van der Waals surface area contributed by atoms with E-state index in [9.17, 15) is 9.59 Å². The Morgan fingerprint density at radius 3 is 2.46 bits per heavy atom. The maximum absolute atomic E-state index is 13.1. The van der Waals surface area contributed by atoms with Crippen molar-refractivity contribution in [2.75, 3.05) is 6.79 Å². The Hall–Kier alpha value is -4.39. The molecule has 4 aromatic rings. The van der Waals surface area contributed by atoms with E-state index >= 15 is 0 Å². The Bertz CT molecular complexity index is 1420. The van der Waals surface area contributed by atoms with Crippen LogP contribution in [0.5, 0.6) is 11.5 Å². The Labute approximate surface area is 203 Å². The summed E-state index contributed by atoms with van der Waals surface area (Å²) in [6, 6.07) is 22.3. The molecule has 0 fully saturated rings. The third kappa shape index (κ3) is 4.53. The molecular formula is C28H25N3O4. The third-order valence-electron chi connectivity index (χ3n) is 6.27. The largest absolute Gasteiger partial charge is 0.454 e. The predicted octanol–water partition coefficient (Wildman–Crippen LogP) is 5.22. The number of para-hydroxylation sites is 1. The second kappa shape index (κ2) is 9.46. The zero-order valence-corrected chi connectivity index (χ0v) is 19.5. The second-order valence-electron chi connectivity index (χ2n) is 8.48. The molecule has 0 saturated heterocycles. The first-order chi connectivity index (χ1) is 17.0. The summed E-state index contributed by atoms with van der Waals surface area (Å²) in [5, 5.41) is 0.697. The number of pyridine rings is 1. The molecular weight excluding hydrogens is 442 g/mol. The Morgan fingerprint density at radius 2 is 1.66 bits per heavy atom. The monoisotopic (exact) mass is 467 g/mol. The van der Waals surface area contributed by atoms with Gasteiger partial charge in [-0.15, -0.1) is 0 Å². The van der Waals surface area contributed by atoms with E-state index in [1.807, 2.05) is 36.4 Å². The number of nitrogens with one attached hydrogen (secondary N) is 2. The Balaban J connectivity index is 1.40. The number of hydrogen-bond acceptors (Lipinski definition) is 5. The highest BCUT2D eigenvalue weighted by Gasteiger charge is 2.18. The van der Waals surface area contributed by atoms with Crippen LogP contribution in [0.3, 0.4) is 0 Å². The maximum Gasteiger partial charge on any atom is 0.270 e. The smallest absolute Gasteiger partial charge is 0.270 e. The minimum Gasteiger partial charge on any atom is -0.454 e. The van der Waals surface area contributed by atoms with Gasteiger partial charge in [-0.2, -0.15) is 0 Å². The van der Waals surface area contributed by atoms with Crippen LogP contribution >= 0.6 is 0 Å². The van der Waals surface area contributed by atoms with Crippen molar-refractivity contribution in [2.24, 2.45) is 0 Å². The van der Waals surface area contributed by atoms with Crippen LogP contribution in [0.1, 0.15) is 52.5 Å². The average Bonchev–Trinajstić information content (AvgIpc) is 3.38. The van der Waals surface area contributed by atoms with E-state index in [4.69, 9.17) is 14.5 Å². The summed E-state index contributed by atoms with van der Waals surface area (Å²) in [6.07, 6.45) is 1.07. The summed E-state index contributed by atoms with van der Waals surface area (Å²) in [5.41, 5.74) is 9.34. The number of carbonyl (C=O) groups excluding carboxylic acids is 2. The van der Waals surface area contributed by atoms with Gasteiger partial charge >= 0.3 is 0 Å². The normalized spacial score (nSPS) is 12.9. The second-order valence-corrected chi connectivity index (χ2v) is 8.48. The highest BCUT2D eigenvalue weighted by Crippen LogP contribution is 2.32. The van der Waals surface area contributed by atoms with Gasteiger partial charge in [-0.1, -0.05) is 56.3 Å². The van der Waals surface area contributed by atoms with Crippen LogP contribution in [0.15, 0.2) is 72.8 Å². The quantitative estimate of drug-likeness (QED) is 0.393. The van der Waals surface area contributed by atoms with Gasteiger partial charge in [-0.3, -0.25) is 20.4 Å². The Kier molecular flexibility index (Phi) is 6.06. The van der Waals surface area contributed by atoms with Crippen LogP contribution in [-0.2, 0) is 0 Å². The molecule has 0 saturated carbocycles. The third-order valence-corrected chi connectivity index (χ3v) is 6.27. The number of rotatable bonds is 5. The zero-order chi connectivity index (χ0) is 24.4. The van der Waals surface area contributed by atoms with Gasteiger partial charge < -0.3 is 9.47 Å². The number of amides is 2. The first-order valence-corrected chi connectivity index (χ1v) is 11.5. The molecule has 5 rings (SSSR count). The summed E-state index contributed by atoms with van der Waals surface area (Å²) in [7, 11) is 0. The SMILES string of the molecule is CC[C@H](C)c1ccc(-c2cc(C(=O)NNC(=O)c3ccc4c(c3)OCO4)c3ccccc3n2)cc1.